The third kappa shape index (κ3) is 2.97. The molecule has 0 atom stereocenters. The molecule has 1 amide bonds. The van der Waals surface area contributed by atoms with Crippen LogP contribution < -0.4 is 11.3 Å². The van der Waals surface area contributed by atoms with E-state index in [9.17, 15) is 14.9 Å². The number of carbonyl (C=O) groups is 1. The van der Waals surface area contributed by atoms with E-state index >= 15 is 0 Å². The average Bonchev–Trinajstić information content (AvgIpc) is 3.36. The Morgan fingerprint density at radius 1 is 1.38 bits per heavy atom. The number of benzene rings is 1. The van der Waals surface area contributed by atoms with E-state index in [1.807, 2.05) is 4.90 Å². The highest BCUT2D eigenvalue weighted by Gasteiger charge is 2.37. The van der Waals surface area contributed by atoms with E-state index in [0.29, 0.717) is 17.5 Å². The lowest BCUT2D eigenvalue weighted by Crippen LogP contribution is -2.35. The standard InChI is InChI=1S/C14H18N4O3/c15-16-12-7-10(3-6-13(12)18(20)21)14(19)17(11-4-5-11)8-9-1-2-9/h3,6-7,9,11,16H,1-2,4-5,8,15H2. The molecule has 0 aliphatic heterocycles. The Kier molecular flexibility index (Phi) is 3.50. The molecule has 1 aromatic rings. The van der Waals surface area contributed by atoms with Crippen LogP contribution in [0.15, 0.2) is 18.2 Å². The zero-order chi connectivity index (χ0) is 15.0. The summed E-state index contributed by atoms with van der Waals surface area (Å²) in [5.41, 5.74) is 2.77. The number of nitrogens with one attached hydrogen (secondary N) is 1. The van der Waals surface area contributed by atoms with Crippen LogP contribution in [-0.4, -0.2) is 28.3 Å². The van der Waals surface area contributed by atoms with E-state index in [4.69, 9.17) is 5.84 Å². The third-order valence-corrected chi connectivity index (χ3v) is 4.00. The van der Waals surface area contributed by atoms with Crippen molar-refractivity contribution in [2.24, 2.45) is 11.8 Å². The molecule has 7 heteroatoms. The Morgan fingerprint density at radius 2 is 2.10 bits per heavy atom. The molecule has 2 saturated carbocycles. The number of nitro benzene ring substituents is 1. The first kappa shape index (κ1) is 13.8. The first-order valence-corrected chi connectivity index (χ1v) is 7.16. The maximum absolute atomic E-state index is 12.6. The summed E-state index contributed by atoms with van der Waals surface area (Å²) in [7, 11) is 0. The molecule has 21 heavy (non-hydrogen) atoms. The van der Waals surface area contributed by atoms with Gasteiger partial charge >= 0.3 is 0 Å². The lowest BCUT2D eigenvalue weighted by molar-refractivity contribution is -0.384. The first-order chi connectivity index (χ1) is 10.1. The second-order valence-corrected chi connectivity index (χ2v) is 5.77. The van der Waals surface area contributed by atoms with Gasteiger partial charge in [0.05, 0.1) is 4.92 Å². The van der Waals surface area contributed by atoms with Gasteiger partial charge in [-0.2, -0.15) is 0 Å². The zero-order valence-corrected chi connectivity index (χ0v) is 11.6. The number of nitrogen functional groups attached to an aromatic ring is 1. The maximum Gasteiger partial charge on any atom is 0.293 e. The highest BCUT2D eigenvalue weighted by molar-refractivity contribution is 5.96. The number of hydrogen-bond acceptors (Lipinski definition) is 5. The van der Waals surface area contributed by atoms with E-state index in [1.165, 1.54) is 31.0 Å². The number of hydrogen-bond donors (Lipinski definition) is 2. The van der Waals surface area contributed by atoms with Crippen LogP contribution >= 0.6 is 0 Å². The van der Waals surface area contributed by atoms with E-state index in [0.717, 1.165) is 19.4 Å². The summed E-state index contributed by atoms with van der Waals surface area (Å²) >= 11 is 0. The summed E-state index contributed by atoms with van der Waals surface area (Å²) in [6, 6.07) is 4.62. The molecular formula is C14H18N4O3. The quantitative estimate of drug-likeness (QED) is 0.473. The van der Waals surface area contributed by atoms with Gasteiger partial charge < -0.3 is 10.3 Å². The lowest BCUT2D eigenvalue weighted by atomic mass is 10.1. The fourth-order valence-corrected chi connectivity index (χ4v) is 2.47. The van der Waals surface area contributed by atoms with Crippen LogP contribution in [0.5, 0.6) is 0 Å². The van der Waals surface area contributed by atoms with Gasteiger partial charge in [-0.05, 0) is 43.7 Å². The van der Waals surface area contributed by atoms with Crippen LogP contribution in [-0.2, 0) is 0 Å². The number of carbonyl (C=O) groups excluding carboxylic acids is 1. The van der Waals surface area contributed by atoms with Crippen molar-refractivity contribution in [1.82, 2.24) is 4.90 Å². The second-order valence-electron chi connectivity index (χ2n) is 5.77. The van der Waals surface area contributed by atoms with E-state index in [-0.39, 0.29) is 17.3 Å². The molecule has 0 aromatic heterocycles. The van der Waals surface area contributed by atoms with E-state index in [1.54, 1.807) is 0 Å². The number of nitro groups is 1. The number of hydrazine groups is 1. The Bertz CT molecular complexity index is 582. The van der Waals surface area contributed by atoms with Gasteiger partial charge in [-0.15, -0.1) is 0 Å². The number of nitrogens with two attached hydrogens (primary N) is 1. The number of rotatable bonds is 6. The molecule has 0 radical (unpaired) electrons. The Balaban J connectivity index is 1.83. The molecule has 0 heterocycles. The van der Waals surface area contributed by atoms with Gasteiger partial charge in [0.2, 0.25) is 0 Å². The van der Waals surface area contributed by atoms with Crippen molar-refractivity contribution in [3.05, 3.63) is 33.9 Å². The normalized spacial score (nSPS) is 17.4. The molecule has 112 valence electrons. The molecule has 0 bridgehead atoms. The molecule has 2 fully saturated rings. The Morgan fingerprint density at radius 3 is 2.62 bits per heavy atom. The molecule has 0 spiro atoms. The van der Waals surface area contributed by atoms with Crippen molar-refractivity contribution in [3.8, 4) is 0 Å². The zero-order valence-electron chi connectivity index (χ0n) is 11.6. The molecule has 3 N–H and O–H groups in total. The molecule has 3 rings (SSSR count). The minimum absolute atomic E-state index is 0.0594. The van der Waals surface area contributed by atoms with Crippen molar-refractivity contribution in [2.75, 3.05) is 12.0 Å². The van der Waals surface area contributed by atoms with Crippen LogP contribution in [0.1, 0.15) is 36.0 Å². The molecule has 2 aliphatic carbocycles. The maximum atomic E-state index is 12.6. The monoisotopic (exact) mass is 290 g/mol. The summed E-state index contributed by atoms with van der Waals surface area (Å²) in [6.45, 7) is 0.797. The van der Waals surface area contributed by atoms with Gasteiger partial charge in [0, 0.05) is 24.2 Å². The van der Waals surface area contributed by atoms with Crippen LogP contribution in [0, 0.1) is 16.0 Å². The average molecular weight is 290 g/mol. The van der Waals surface area contributed by atoms with E-state index < -0.39 is 4.92 Å². The van der Waals surface area contributed by atoms with Crippen LogP contribution in [0.25, 0.3) is 0 Å². The van der Waals surface area contributed by atoms with Crippen LogP contribution in [0.4, 0.5) is 11.4 Å². The van der Waals surface area contributed by atoms with Crippen molar-refractivity contribution in [3.63, 3.8) is 0 Å². The topological polar surface area (TPSA) is 102 Å². The largest absolute Gasteiger partial charge is 0.335 e. The van der Waals surface area contributed by atoms with Crippen molar-refractivity contribution in [2.45, 2.75) is 31.7 Å². The highest BCUT2D eigenvalue weighted by atomic mass is 16.6. The predicted octanol–water partition coefficient (Wildman–Crippen LogP) is 1.89. The first-order valence-electron chi connectivity index (χ1n) is 7.16. The highest BCUT2D eigenvalue weighted by Crippen LogP contribution is 2.36. The molecular weight excluding hydrogens is 272 g/mol. The minimum Gasteiger partial charge on any atom is -0.335 e. The number of anilines is 1. The number of amides is 1. The summed E-state index contributed by atoms with van der Waals surface area (Å²) in [5.74, 6) is 5.88. The van der Waals surface area contributed by atoms with Gasteiger partial charge in [-0.3, -0.25) is 20.8 Å². The fourth-order valence-electron chi connectivity index (χ4n) is 2.47. The predicted molar refractivity (Wildman–Crippen MR) is 77.7 cm³/mol. The number of nitrogens with zero attached hydrogens (tertiary/aromatic N) is 2. The summed E-state index contributed by atoms with van der Waals surface area (Å²) < 4.78 is 0. The Labute approximate surface area is 122 Å². The van der Waals surface area contributed by atoms with Gasteiger partial charge in [0.15, 0.2) is 0 Å². The molecule has 0 saturated heterocycles. The molecule has 0 unspecified atom stereocenters. The smallest absolute Gasteiger partial charge is 0.293 e. The summed E-state index contributed by atoms with van der Waals surface area (Å²) in [5, 5.41) is 10.9. The Hall–Kier alpha value is -2.15. The second kappa shape index (κ2) is 5.33. The SMILES string of the molecule is NNc1cc(C(=O)N(CC2CC2)C2CC2)ccc1[N+](=O)[O-]. The third-order valence-electron chi connectivity index (χ3n) is 4.00. The van der Waals surface area contributed by atoms with Gasteiger partial charge in [-0.25, -0.2) is 0 Å². The molecule has 1 aromatic carbocycles. The van der Waals surface area contributed by atoms with Crippen molar-refractivity contribution < 1.29 is 9.72 Å². The lowest BCUT2D eigenvalue weighted by Gasteiger charge is -2.22. The van der Waals surface area contributed by atoms with Gasteiger partial charge in [0.1, 0.15) is 5.69 Å². The van der Waals surface area contributed by atoms with Crippen LogP contribution in [0.3, 0.4) is 0 Å². The minimum atomic E-state index is -0.522. The van der Waals surface area contributed by atoms with Gasteiger partial charge in [-0.1, -0.05) is 0 Å². The summed E-state index contributed by atoms with van der Waals surface area (Å²) in [4.78, 5) is 24.9. The molecule has 7 nitrogen and oxygen atoms in total. The van der Waals surface area contributed by atoms with Crippen molar-refractivity contribution in [1.29, 1.82) is 0 Å². The van der Waals surface area contributed by atoms with E-state index in [2.05, 4.69) is 5.43 Å². The van der Waals surface area contributed by atoms with Gasteiger partial charge in [0.25, 0.3) is 11.6 Å². The van der Waals surface area contributed by atoms with Crippen molar-refractivity contribution >= 4 is 17.3 Å². The summed E-state index contributed by atoms with van der Waals surface area (Å²) in [6.07, 6.45) is 4.47. The molecule has 2 aliphatic rings. The fraction of sp³-hybridized carbons (Fsp3) is 0.500. The van der Waals surface area contributed by atoms with Crippen LogP contribution in [0.2, 0.25) is 0 Å².